The Morgan fingerprint density at radius 3 is 2.55 bits per heavy atom. The van der Waals surface area contributed by atoms with E-state index in [9.17, 15) is 18.0 Å². The van der Waals surface area contributed by atoms with Crippen LogP contribution in [0.2, 0.25) is 0 Å². The average molecular weight is 289 g/mol. The minimum atomic E-state index is -4.85. The van der Waals surface area contributed by atoms with Gasteiger partial charge in [-0.1, -0.05) is 6.07 Å². The van der Waals surface area contributed by atoms with Gasteiger partial charge in [0.2, 0.25) is 5.79 Å². The SMILES string of the molecule is CC1(C)Oc2ccc(CCNC(=O)C(F)(F)F)cc2O1. The molecule has 0 fully saturated rings. The fourth-order valence-corrected chi connectivity index (χ4v) is 1.84. The maximum Gasteiger partial charge on any atom is 0.471 e. The molecule has 4 nitrogen and oxygen atoms in total. The summed E-state index contributed by atoms with van der Waals surface area (Å²) in [5, 5.41) is 1.82. The molecule has 1 aromatic rings. The molecular weight excluding hydrogens is 275 g/mol. The molecule has 1 N–H and O–H groups in total. The summed E-state index contributed by atoms with van der Waals surface area (Å²) >= 11 is 0. The van der Waals surface area contributed by atoms with E-state index in [0.29, 0.717) is 11.5 Å². The molecule has 0 saturated heterocycles. The van der Waals surface area contributed by atoms with Crippen molar-refractivity contribution in [1.82, 2.24) is 5.32 Å². The first-order chi connectivity index (χ1) is 9.17. The highest BCUT2D eigenvalue weighted by molar-refractivity contribution is 5.81. The molecule has 0 aromatic heterocycles. The Bertz CT molecular complexity index is 526. The van der Waals surface area contributed by atoms with E-state index in [4.69, 9.17) is 9.47 Å². The highest BCUT2D eigenvalue weighted by atomic mass is 19.4. The van der Waals surface area contributed by atoms with Gasteiger partial charge in [-0.05, 0) is 24.1 Å². The fraction of sp³-hybridized carbons (Fsp3) is 0.462. The number of benzene rings is 1. The first kappa shape index (κ1) is 14.5. The quantitative estimate of drug-likeness (QED) is 0.929. The van der Waals surface area contributed by atoms with E-state index in [-0.39, 0.29) is 13.0 Å². The van der Waals surface area contributed by atoms with Gasteiger partial charge >= 0.3 is 12.1 Å². The normalized spacial score (nSPS) is 16.1. The predicted octanol–water partition coefficient (Wildman–Crippen LogP) is 2.41. The van der Waals surface area contributed by atoms with E-state index in [1.54, 1.807) is 32.0 Å². The van der Waals surface area contributed by atoms with Crippen molar-refractivity contribution in [2.45, 2.75) is 32.2 Å². The summed E-state index contributed by atoms with van der Waals surface area (Å²) in [6, 6.07) is 5.12. The first-order valence-electron chi connectivity index (χ1n) is 6.03. The molecular formula is C13H14F3NO3. The van der Waals surface area contributed by atoms with Gasteiger partial charge in [0.1, 0.15) is 0 Å². The van der Waals surface area contributed by atoms with Crippen LogP contribution >= 0.6 is 0 Å². The minimum absolute atomic E-state index is 0.0959. The Morgan fingerprint density at radius 2 is 1.90 bits per heavy atom. The van der Waals surface area contributed by atoms with Gasteiger partial charge in [0.15, 0.2) is 11.5 Å². The molecule has 2 rings (SSSR count). The van der Waals surface area contributed by atoms with Crippen LogP contribution in [-0.2, 0) is 11.2 Å². The zero-order valence-corrected chi connectivity index (χ0v) is 11.0. The summed E-state index contributed by atoms with van der Waals surface area (Å²) in [6.45, 7) is 3.42. The lowest BCUT2D eigenvalue weighted by Crippen LogP contribution is -2.37. The molecule has 0 unspecified atom stereocenters. The first-order valence-corrected chi connectivity index (χ1v) is 6.03. The summed E-state index contributed by atoms with van der Waals surface area (Å²) in [5.41, 5.74) is 0.757. The number of amides is 1. The smallest absolute Gasteiger partial charge is 0.449 e. The summed E-state index contributed by atoms with van der Waals surface area (Å²) in [5.74, 6) is -1.53. The summed E-state index contributed by atoms with van der Waals surface area (Å²) in [6.07, 6.45) is -4.57. The second-order valence-corrected chi connectivity index (χ2v) is 4.89. The van der Waals surface area contributed by atoms with Crippen LogP contribution in [0.3, 0.4) is 0 Å². The van der Waals surface area contributed by atoms with Gasteiger partial charge in [0.05, 0.1) is 0 Å². The van der Waals surface area contributed by atoms with Crippen molar-refractivity contribution < 1.29 is 27.4 Å². The van der Waals surface area contributed by atoms with Gasteiger partial charge in [0.25, 0.3) is 0 Å². The van der Waals surface area contributed by atoms with Gasteiger partial charge in [-0.15, -0.1) is 0 Å². The Morgan fingerprint density at radius 1 is 1.25 bits per heavy atom. The monoisotopic (exact) mass is 289 g/mol. The fourth-order valence-electron chi connectivity index (χ4n) is 1.84. The van der Waals surface area contributed by atoms with E-state index >= 15 is 0 Å². The number of carbonyl (C=O) groups is 1. The van der Waals surface area contributed by atoms with Crippen molar-refractivity contribution in [2.24, 2.45) is 0 Å². The lowest BCUT2D eigenvalue weighted by atomic mass is 10.1. The van der Waals surface area contributed by atoms with Gasteiger partial charge in [-0.25, -0.2) is 0 Å². The molecule has 1 amide bonds. The summed E-state index contributed by atoms with van der Waals surface area (Å²) in [4.78, 5) is 10.6. The molecule has 0 aliphatic carbocycles. The number of halogens is 3. The van der Waals surface area contributed by atoms with Crippen LogP contribution in [0.4, 0.5) is 13.2 Å². The Labute approximate surface area is 113 Å². The third-order valence-electron chi connectivity index (χ3n) is 2.68. The molecule has 1 aromatic carbocycles. The summed E-state index contributed by atoms with van der Waals surface area (Å²) < 4.78 is 47.0. The van der Waals surface area contributed by atoms with Crippen LogP contribution in [0.15, 0.2) is 18.2 Å². The largest absolute Gasteiger partial charge is 0.471 e. The minimum Gasteiger partial charge on any atom is -0.449 e. The molecule has 1 aliphatic heterocycles. The van der Waals surface area contributed by atoms with Crippen LogP contribution in [0.25, 0.3) is 0 Å². The molecule has 0 bridgehead atoms. The van der Waals surface area contributed by atoms with Crippen molar-refractivity contribution >= 4 is 5.91 Å². The lowest BCUT2D eigenvalue weighted by Gasteiger charge is -2.16. The zero-order chi connectivity index (χ0) is 15.0. The van der Waals surface area contributed by atoms with E-state index in [1.165, 1.54) is 0 Å². The number of alkyl halides is 3. The maximum absolute atomic E-state index is 12.0. The molecule has 0 radical (unpaired) electrons. The van der Waals surface area contributed by atoms with Crippen LogP contribution in [0.1, 0.15) is 19.4 Å². The number of fused-ring (bicyclic) bond motifs is 1. The van der Waals surface area contributed by atoms with E-state index in [1.807, 2.05) is 5.32 Å². The van der Waals surface area contributed by atoms with Gasteiger partial charge < -0.3 is 14.8 Å². The van der Waals surface area contributed by atoms with E-state index < -0.39 is 17.9 Å². The highest BCUT2D eigenvalue weighted by Crippen LogP contribution is 2.39. The Kier molecular flexibility index (Phi) is 3.54. The van der Waals surface area contributed by atoms with E-state index in [2.05, 4.69) is 0 Å². The van der Waals surface area contributed by atoms with E-state index in [0.717, 1.165) is 5.56 Å². The molecule has 20 heavy (non-hydrogen) atoms. The molecule has 110 valence electrons. The van der Waals surface area contributed by atoms with Crippen LogP contribution in [0, 0.1) is 0 Å². The van der Waals surface area contributed by atoms with Crippen molar-refractivity contribution in [3.63, 3.8) is 0 Å². The average Bonchev–Trinajstić information content (AvgIpc) is 2.60. The van der Waals surface area contributed by atoms with Gasteiger partial charge in [0, 0.05) is 20.4 Å². The number of nitrogens with one attached hydrogen (secondary N) is 1. The lowest BCUT2D eigenvalue weighted by molar-refractivity contribution is -0.173. The van der Waals surface area contributed by atoms with Crippen molar-refractivity contribution in [2.75, 3.05) is 6.54 Å². The number of hydrogen-bond acceptors (Lipinski definition) is 3. The topological polar surface area (TPSA) is 47.6 Å². The number of ether oxygens (including phenoxy) is 2. The third kappa shape index (κ3) is 3.34. The standard InChI is InChI=1S/C13H14F3NO3/c1-12(2)19-9-4-3-8(7-10(9)20-12)5-6-17-11(18)13(14,15)16/h3-4,7H,5-6H2,1-2H3,(H,17,18). The third-order valence-corrected chi connectivity index (χ3v) is 2.68. The van der Waals surface area contributed by atoms with Crippen LogP contribution < -0.4 is 14.8 Å². The van der Waals surface area contributed by atoms with Crippen LogP contribution in [-0.4, -0.2) is 24.4 Å². The molecule has 0 atom stereocenters. The summed E-state index contributed by atoms with van der Waals surface area (Å²) in [7, 11) is 0. The second-order valence-electron chi connectivity index (χ2n) is 4.89. The molecule has 7 heteroatoms. The molecule has 1 heterocycles. The van der Waals surface area contributed by atoms with Gasteiger partial charge in [-0.3, -0.25) is 4.79 Å². The van der Waals surface area contributed by atoms with Crippen molar-refractivity contribution in [3.8, 4) is 11.5 Å². The van der Waals surface area contributed by atoms with Crippen molar-refractivity contribution in [3.05, 3.63) is 23.8 Å². The van der Waals surface area contributed by atoms with Gasteiger partial charge in [-0.2, -0.15) is 13.2 Å². The predicted molar refractivity (Wildman–Crippen MR) is 64.5 cm³/mol. The molecule has 1 aliphatic rings. The number of hydrogen-bond donors (Lipinski definition) is 1. The number of carbonyl (C=O) groups excluding carboxylic acids is 1. The van der Waals surface area contributed by atoms with Crippen molar-refractivity contribution in [1.29, 1.82) is 0 Å². The molecule has 0 spiro atoms. The Hall–Kier alpha value is -1.92. The number of rotatable bonds is 3. The highest BCUT2D eigenvalue weighted by Gasteiger charge is 2.38. The zero-order valence-electron chi connectivity index (χ0n) is 11.0. The Balaban J connectivity index is 1.92. The second kappa shape index (κ2) is 4.88. The maximum atomic E-state index is 12.0. The molecule has 0 saturated carbocycles. The van der Waals surface area contributed by atoms with Crippen LogP contribution in [0.5, 0.6) is 11.5 Å².